The molecular formula is C3H4Br2Cl2. The van der Waals surface area contributed by atoms with Crippen LogP contribution in [-0.4, -0.2) is 8.07 Å². The van der Waals surface area contributed by atoms with Crippen molar-refractivity contribution in [1.29, 1.82) is 0 Å². The molecule has 0 heterocycles. The predicted molar refractivity (Wildman–Crippen MR) is 41.8 cm³/mol. The van der Waals surface area contributed by atoms with Gasteiger partial charge in [-0.2, -0.15) is 0 Å². The van der Waals surface area contributed by atoms with Gasteiger partial charge in [0.2, 0.25) is 0 Å². The fourth-order valence-electron chi connectivity index (χ4n) is 0. The summed E-state index contributed by atoms with van der Waals surface area (Å²) in [7, 11) is 0. The molecule has 0 aromatic rings. The van der Waals surface area contributed by atoms with Gasteiger partial charge in [0.15, 0.2) is 2.69 Å². The van der Waals surface area contributed by atoms with Crippen LogP contribution in [0.2, 0.25) is 0 Å². The highest BCUT2D eigenvalue weighted by molar-refractivity contribution is 9.26. The van der Waals surface area contributed by atoms with Crippen LogP contribution in [0.25, 0.3) is 0 Å². The third-order valence-corrected chi connectivity index (χ3v) is 3.12. The molecule has 0 aliphatic carbocycles. The lowest BCUT2D eigenvalue weighted by atomic mass is 10.6. The normalized spacial score (nSPS) is 16.7. The van der Waals surface area contributed by atoms with E-state index in [0.29, 0.717) is 0 Å². The van der Waals surface area contributed by atoms with Crippen molar-refractivity contribution in [2.45, 2.75) is 15.0 Å². The topological polar surface area (TPSA) is 0 Å². The number of halogens is 4. The zero-order valence-corrected chi connectivity index (χ0v) is 8.27. The van der Waals surface area contributed by atoms with Crippen LogP contribution in [-0.2, 0) is 0 Å². The molecule has 0 spiro atoms. The van der Waals surface area contributed by atoms with Gasteiger partial charge < -0.3 is 0 Å². The summed E-state index contributed by atoms with van der Waals surface area (Å²) in [6.07, 6.45) is 0. The van der Waals surface area contributed by atoms with Crippen LogP contribution in [0.5, 0.6) is 0 Å². The van der Waals surface area contributed by atoms with Gasteiger partial charge in [-0.3, -0.25) is 0 Å². The Morgan fingerprint density at radius 3 is 1.71 bits per heavy atom. The molecule has 0 aliphatic heterocycles. The summed E-state index contributed by atoms with van der Waals surface area (Å²) in [5.74, 6) is 0. The van der Waals surface area contributed by atoms with Gasteiger partial charge in [-0.25, -0.2) is 0 Å². The molecule has 0 nitrogen and oxygen atoms in total. The highest BCUT2D eigenvalue weighted by Gasteiger charge is 2.24. The van der Waals surface area contributed by atoms with E-state index in [1.54, 1.807) is 6.92 Å². The molecule has 7 heavy (non-hydrogen) atoms. The average Bonchev–Trinajstić information content (AvgIpc) is 1.31. The molecule has 0 fully saturated rings. The number of hydrogen-bond acceptors (Lipinski definition) is 0. The first-order valence-electron chi connectivity index (χ1n) is 1.65. The maximum atomic E-state index is 5.57. The Kier molecular flexibility index (Phi) is 3.54. The Hall–Kier alpha value is 1.54. The summed E-state index contributed by atoms with van der Waals surface area (Å²) in [4.78, 5) is 0. The highest BCUT2D eigenvalue weighted by Crippen LogP contribution is 2.37. The molecule has 0 aromatic heterocycles. The van der Waals surface area contributed by atoms with Gasteiger partial charge in [0.05, 0.1) is 5.38 Å². The first kappa shape index (κ1) is 8.54. The quantitative estimate of drug-likeness (QED) is 0.642. The molecule has 0 radical (unpaired) electrons. The molecule has 44 valence electrons. The SMILES string of the molecule is CC(Cl)C(Cl)(Br)Br. The summed E-state index contributed by atoms with van der Waals surface area (Å²) in [6.45, 7) is 1.79. The van der Waals surface area contributed by atoms with Crippen LogP contribution in [0.3, 0.4) is 0 Å². The minimum Gasteiger partial charge on any atom is -0.119 e. The van der Waals surface area contributed by atoms with Crippen LogP contribution in [0, 0.1) is 0 Å². The van der Waals surface area contributed by atoms with E-state index in [1.165, 1.54) is 0 Å². The van der Waals surface area contributed by atoms with Crippen molar-refractivity contribution >= 4 is 55.1 Å². The van der Waals surface area contributed by atoms with Crippen molar-refractivity contribution in [2.24, 2.45) is 0 Å². The van der Waals surface area contributed by atoms with E-state index >= 15 is 0 Å². The maximum Gasteiger partial charge on any atom is 0.169 e. The van der Waals surface area contributed by atoms with Crippen LogP contribution in [0.4, 0.5) is 0 Å². The summed E-state index contributed by atoms with van der Waals surface area (Å²) in [5, 5.41) is -0.130. The molecule has 0 N–H and O–H groups in total. The number of alkyl halides is 4. The predicted octanol–water partition coefficient (Wildman–Crippen LogP) is 3.30. The van der Waals surface area contributed by atoms with Gasteiger partial charge in [-0.15, -0.1) is 11.6 Å². The molecule has 0 saturated carbocycles. The second kappa shape index (κ2) is 2.90. The van der Waals surface area contributed by atoms with E-state index in [1.807, 2.05) is 0 Å². The van der Waals surface area contributed by atoms with Crippen LogP contribution >= 0.6 is 55.1 Å². The van der Waals surface area contributed by atoms with Crippen molar-refractivity contribution in [3.8, 4) is 0 Å². The number of rotatable bonds is 1. The summed E-state index contributed by atoms with van der Waals surface area (Å²) >= 11 is 17.3. The van der Waals surface area contributed by atoms with Crippen LogP contribution < -0.4 is 0 Å². The summed E-state index contributed by atoms with van der Waals surface area (Å²) < 4.78 is -0.637. The third-order valence-electron chi connectivity index (χ3n) is 0.451. The molecule has 4 heteroatoms. The summed E-state index contributed by atoms with van der Waals surface area (Å²) in [6, 6.07) is 0. The number of hydrogen-bond donors (Lipinski definition) is 0. The van der Waals surface area contributed by atoms with Crippen molar-refractivity contribution in [3.05, 3.63) is 0 Å². The Balaban J connectivity index is 3.54. The van der Waals surface area contributed by atoms with E-state index in [-0.39, 0.29) is 5.38 Å². The minimum absolute atomic E-state index is 0.130. The van der Waals surface area contributed by atoms with Gasteiger partial charge in [0, 0.05) is 0 Å². The largest absolute Gasteiger partial charge is 0.169 e. The zero-order valence-electron chi connectivity index (χ0n) is 3.59. The minimum atomic E-state index is -0.637. The second-order valence-electron chi connectivity index (χ2n) is 1.16. The molecule has 0 saturated heterocycles. The van der Waals surface area contributed by atoms with Gasteiger partial charge in [0.25, 0.3) is 0 Å². The standard InChI is InChI=1S/C3H4Br2Cl2/c1-2(6)3(4,5)7/h2H,1H3. The first-order valence-corrected chi connectivity index (χ1v) is 4.05. The van der Waals surface area contributed by atoms with E-state index < -0.39 is 2.69 Å². The van der Waals surface area contributed by atoms with E-state index in [2.05, 4.69) is 31.9 Å². The Morgan fingerprint density at radius 1 is 1.57 bits per heavy atom. The van der Waals surface area contributed by atoms with Crippen molar-refractivity contribution < 1.29 is 0 Å². The Bertz CT molecular complexity index is 56.4. The van der Waals surface area contributed by atoms with Crippen molar-refractivity contribution in [2.75, 3.05) is 0 Å². The highest BCUT2D eigenvalue weighted by atomic mass is 79.9. The molecule has 1 atom stereocenters. The van der Waals surface area contributed by atoms with Crippen molar-refractivity contribution in [1.82, 2.24) is 0 Å². The lowest BCUT2D eigenvalue weighted by Gasteiger charge is -2.12. The van der Waals surface area contributed by atoms with Gasteiger partial charge in [-0.05, 0) is 6.92 Å². The molecular weight excluding hydrogens is 267 g/mol. The fourth-order valence-corrected chi connectivity index (χ4v) is 0. The second-order valence-corrected chi connectivity index (χ2v) is 6.89. The summed E-state index contributed by atoms with van der Waals surface area (Å²) in [5.41, 5.74) is 0. The first-order chi connectivity index (χ1) is 2.94. The molecule has 0 amide bonds. The molecule has 1 unspecified atom stereocenters. The maximum absolute atomic E-state index is 5.57. The third kappa shape index (κ3) is 4.07. The molecule has 0 aromatic carbocycles. The van der Waals surface area contributed by atoms with Crippen LogP contribution in [0.1, 0.15) is 6.92 Å². The molecule has 0 bridgehead atoms. The molecule has 0 aliphatic rings. The zero-order chi connectivity index (χ0) is 6.08. The van der Waals surface area contributed by atoms with Gasteiger partial charge in [0.1, 0.15) is 0 Å². The van der Waals surface area contributed by atoms with E-state index in [4.69, 9.17) is 23.2 Å². The van der Waals surface area contributed by atoms with E-state index in [9.17, 15) is 0 Å². The van der Waals surface area contributed by atoms with Gasteiger partial charge >= 0.3 is 0 Å². The molecule has 0 rings (SSSR count). The lowest BCUT2D eigenvalue weighted by Crippen LogP contribution is -2.12. The Morgan fingerprint density at radius 2 is 1.71 bits per heavy atom. The average molecular weight is 271 g/mol. The Labute approximate surface area is 69.8 Å². The monoisotopic (exact) mass is 268 g/mol. The smallest absolute Gasteiger partial charge is 0.119 e. The fraction of sp³-hybridized carbons (Fsp3) is 1.00. The van der Waals surface area contributed by atoms with Gasteiger partial charge in [-0.1, -0.05) is 43.5 Å². The van der Waals surface area contributed by atoms with Crippen molar-refractivity contribution in [3.63, 3.8) is 0 Å². The van der Waals surface area contributed by atoms with Crippen LogP contribution in [0.15, 0.2) is 0 Å². The van der Waals surface area contributed by atoms with E-state index in [0.717, 1.165) is 0 Å². The lowest BCUT2D eigenvalue weighted by molar-refractivity contribution is 1.03.